The summed E-state index contributed by atoms with van der Waals surface area (Å²) in [4.78, 5) is 35.2. The fraction of sp³-hybridized carbons (Fsp3) is 0.0625. The number of hydrogen-bond acceptors (Lipinski definition) is 7. The lowest BCUT2D eigenvalue weighted by Gasteiger charge is -2.15. The van der Waals surface area contributed by atoms with E-state index in [2.05, 4.69) is 31.2 Å². The number of anilines is 1. The maximum absolute atomic E-state index is 14.9. The van der Waals surface area contributed by atoms with Gasteiger partial charge in [-0.05, 0) is 60.7 Å². The van der Waals surface area contributed by atoms with E-state index in [4.69, 9.17) is 14.2 Å². The fourth-order valence-corrected chi connectivity index (χ4v) is 5.01. The Labute approximate surface area is 252 Å². The first-order valence-electron chi connectivity index (χ1n) is 12.9. The van der Waals surface area contributed by atoms with Gasteiger partial charge in [0.05, 0.1) is 36.3 Å². The first-order valence-corrected chi connectivity index (χ1v) is 13.7. The van der Waals surface area contributed by atoms with Crippen molar-refractivity contribution in [2.45, 2.75) is 0 Å². The molecule has 0 aliphatic heterocycles. The zero-order valence-corrected chi connectivity index (χ0v) is 24.4. The Hall–Kier alpha value is -5.29. The standard InChI is InChI=1S/C32H22BrFN4O5/c1-41-28-14-22-25(15-29(28)42-2)35-17-36-32(22)43-20-10-8-19(9-11-20)37-31(40)23-16-38(27-12-7-18(33)13-24(27)34)26-6-4-3-5-21(26)30(23)39/h3-17H,1-2H3,(H,37,40). The Morgan fingerprint density at radius 3 is 2.40 bits per heavy atom. The van der Waals surface area contributed by atoms with Crippen LogP contribution >= 0.6 is 15.9 Å². The van der Waals surface area contributed by atoms with Gasteiger partial charge in [0.25, 0.3) is 5.91 Å². The predicted octanol–water partition coefficient (Wildman–Crippen LogP) is 6.90. The van der Waals surface area contributed by atoms with E-state index in [0.717, 1.165) is 0 Å². The number of methoxy groups -OCH3 is 2. The summed E-state index contributed by atoms with van der Waals surface area (Å²) in [5.74, 6) is 0.632. The monoisotopic (exact) mass is 640 g/mol. The van der Waals surface area contributed by atoms with Crippen molar-refractivity contribution in [1.29, 1.82) is 0 Å². The molecule has 6 rings (SSSR count). The number of benzene rings is 4. The van der Waals surface area contributed by atoms with Crippen LogP contribution in [0.4, 0.5) is 10.1 Å². The molecule has 2 heterocycles. The van der Waals surface area contributed by atoms with Crippen LogP contribution in [0.25, 0.3) is 27.5 Å². The van der Waals surface area contributed by atoms with Gasteiger partial charge in [0, 0.05) is 27.8 Å². The second-order valence-electron chi connectivity index (χ2n) is 9.34. The Morgan fingerprint density at radius 2 is 1.65 bits per heavy atom. The van der Waals surface area contributed by atoms with E-state index in [1.807, 2.05) is 0 Å². The van der Waals surface area contributed by atoms with Gasteiger partial charge in [-0.2, -0.15) is 0 Å². The number of amides is 1. The van der Waals surface area contributed by atoms with Crippen molar-refractivity contribution in [3.8, 4) is 28.8 Å². The van der Waals surface area contributed by atoms with E-state index < -0.39 is 17.2 Å². The van der Waals surface area contributed by atoms with Gasteiger partial charge in [0.1, 0.15) is 23.5 Å². The van der Waals surface area contributed by atoms with Crippen LogP contribution in [0.5, 0.6) is 23.1 Å². The Kier molecular flexibility index (Phi) is 7.47. The van der Waals surface area contributed by atoms with Crippen LogP contribution in [0, 0.1) is 5.82 Å². The lowest BCUT2D eigenvalue weighted by atomic mass is 10.1. The molecule has 0 saturated heterocycles. The zero-order chi connectivity index (χ0) is 30.1. The van der Waals surface area contributed by atoms with Gasteiger partial charge in [-0.3, -0.25) is 9.59 Å². The molecule has 2 aromatic heterocycles. The number of halogens is 2. The summed E-state index contributed by atoms with van der Waals surface area (Å²) in [6.45, 7) is 0. The number of fused-ring (bicyclic) bond motifs is 2. The Balaban J connectivity index is 1.28. The fourth-order valence-electron chi connectivity index (χ4n) is 4.67. The number of aromatic nitrogens is 3. The molecule has 0 aliphatic carbocycles. The van der Waals surface area contributed by atoms with Gasteiger partial charge in [-0.15, -0.1) is 0 Å². The quantitative estimate of drug-likeness (QED) is 0.202. The molecule has 0 atom stereocenters. The summed E-state index contributed by atoms with van der Waals surface area (Å²) in [5, 5.41) is 3.65. The van der Waals surface area contributed by atoms with Gasteiger partial charge in [-0.1, -0.05) is 28.1 Å². The largest absolute Gasteiger partial charge is 0.493 e. The van der Waals surface area contributed by atoms with Crippen LogP contribution < -0.4 is 25.0 Å². The van der Waals surface area contributed by atoms with Crippen LogP contribution in [0.2, 0.25) is 0 Å². The van der Waals surface area contributed by atoms with E-state index in [1.165, 1.54) is 30.3 Å². The zero-order valence-electron chi connectivity index (χ0n) is 22.8. The van der Waals surface area contributed by atoms with E-state index >= 15 is 0 Å². The average Bonchev–Trinajstić information content (AvgIpc) is 3.02. The molecule has 0 spiro atoms. The Morgan fingerprint density at radius 1 is 0.907 bits per heavy atom. The molecule has 1 amide bonds. The number of ether oxygens (including phenoxy) is 3. The Bertz CT molecular complexity index is 2080. The highest BCUT2D eigenvalue weighted by Gasteiger charge is 2.18. The number of rotatable bonds is 7. The summed E-state index contributed by atoms with van der Waals surface area (Å²) in [6.07, 6.45) is 2.74. The number of nitrogens with zero attached hydrogens (tertiary/aromatic N) is 3. The van der Waals surface area contributed by atoms with Gasteiger partial charge < -0.3 is 24.1 Å². The molecule has 0 unspecified atom stereocenters. The molecule has 4 aromatic carbocycles. The topological polar surface area (TPSA) is 105 Å². The van der Waals surface area contributed by atoms with Gasteiger partial charge in [0.2, 0.25) is 11.3 Å². The molecule has 1 N–H and O–H groups in total. The number of carbonyl (C=O) groups is 1. The molecule has 0 bridgehead atoms. The molecule has 0 saturated carbocycles. The molecule has 9 nitrogen and oxygen atoms in total. The maximum Gasteiger partial charge on any atom is 0.261 e. The molecule has 214 valence electrons. The van der Waals surface area contributed by atoms with Crippen molar-refractivity contribution in [2.24, 2.45) is 0 Å². The number of nitrogens with one attached hydrogen (secondary N) is 1. The third kappa shape index (κ3) is 5.38. The summed E-state index contributed by atoms with van der Waals surface area (Å²) in [5.41, 5.74) is 1.09. The van der Waals surface area contributed by atoms with E-state index in [0.29, 0.717) is 49.7 Å². The molecule has 11 heteroatoms. The molecule has 6 aromatic rings. The van der Waals surface area contributed by atoms with Crippen molar-refractivity contribution in [1.82, 2.24) is 14.5 Å². The second kappa shape index (κ2) is 11.5. The number of carbonyl (C=O) groups excluding carboxylic acids is 1. The number of hydrogen-bond donors (Lipinski definition) is 1. The van der Waals surface area contributed by atoms with Crippen molar-refractivity contribution in [3.05, 3.63) is 117 Å². The van der Waals surface area contributed by atoms with Crippen molar-refractivity contribution >= 4 is 49.3 Å². The number of pyridine rings is 1. The summed E-state index contributed by atoms with van der Waals surface area (Å²) < 4.78 is 33.8. The molecule has 0 aliphatic rings. The van der Waals surface area contributed by atoms with E-state index in [9.17, 15) is 14.0 Å². The summed E-state index contributed by atoms with van der Waals surface area (Å²) in [6, 6.07) is 21.4. The minimum atomic E-state index is -0.640. The van der Waals surface area contributed by atoms with Crippen molar-refractivity contribution in [3.63, 3.8) is 0 Å². The third-order valence-electron chi connectivity index (χ3n) is 6.76. The predicted molar refractivity (Wildman–Crippen MR) is 164 cm³/mol. The summed E-state index contributed by atoms with van der Waals surface area (Å²) >= 11 is 3.26. The van der Waals surface area contributed by atoms with Gasteiger partial charge in [0.15, 0.2) is 11.5 Å². The lowest BCUT2D eigenvalue weighted by molar-refractivity contribution is 0.102. The van der Waals surface area contributed by atoms with Crippen LogP contribution in [-0.2, 0) is 0 Å². The maximum atomic E-state index is 14.9. The molecule has 0 fully saturated rings. The first kappa shape index (κ1) is 27.9. The number of para-hydroxylation sites is 1. The van der Waals surface area contributed by atoms with Crippen LogP contribution in [0.3, 0.4) is 0 Å². The molecule has 43 heavy (non-hydrogen) atoms. The third-order valence-corrected chi connectivity index (χ3v) is 7.25. The minimum absolute atomic E-state index is 0.141. The minimum Gasteiger partial charge on any atom is -0.493 e. The smallest absolute Gasteiger partial charge is 0.261 e. The lowest BCUT2D eigenvalue weighted by Crippen LogP contribution is -2.23. The van der Waals surface area contributed by atoms with E-state index in [1.54, 1.807) is 79.9 Å². The van der Waals surface area contributed by atoms with E-state index in [-0.39, 0.29) is 16.6 Å². The molecule has 0 radical (unpaired) electrons. The van der Waals surface area contributed by atoms with Gasteiger partial charge in [-0.25, -0.2) is 14.4 Å². The second-order valence-corrected chi connectivity index (χ2v) is 10.3. The van der Waals surface area contributed by atoms with Gasteiger partial charge >= 0.3 is 0 Å². The van der Waals surface area contributed by atoms with Crippen LogP contribution in [-0.4, -0.2) is 34.7 Å². The normalized spacial score (nSPS) is 11.0. The van der Waals surface area contributed by atoms with Crippen molar-refractivity contribution in [2.75, 3.05) is 19.5 Å². The highest BCUT2D eigenvalue weighted by atomic mass is 79.9. The first-order chi connectivity index (χ1) is 20.9. The molecular formula is C32H22BrFN4O5. The SMILES string of the molecule is COc1cc2ncnc(Oc3ccc(NC(=O)c4cn(-c5ccc(Br)cc5F)c5ccccc5c4=O)cc3)c2cc1OC. The highest BCUT2D eigenvalue weighted by Crippen LogP contribution is 2.36. The highest BCUT2D eigenvalue weighted by molar-refractivity contribution is 9.10. The summed E-state index contributed by atoms with van der Waals surface area (Å²) in [7, 11) is 3.08. The van der Waals surface area contributed by atoms with Crippen molar-refractivity contribution < 1.29 is 23.4 Å². The van der Waals surface area contributed by atoms with Crippen LogP contribution in [0.1, 0.15) is 10.4 Å². The van der Waals surface area contributed by atoms with Crippen LogP contribution in [0.15, 0.2) is 101 Å². The molecular weight excluding hydrogens is 619 g/mol. The average molecular weight is 641 g/mol.